The number of benzene rings is 1. The molecule has 0 saturated carbocycles. The fraction of sp³-hybridized carbons (Fsp3) is 0.500. The monoisotopic (exact) mass is 232 g/mol. The van der Waals surface area contributed by atoms with Gasteiger partial charge in [0.1, 0.15) is 0 Å². The summed E-state index contributed by atoms with van der Waals surface area (Å²) in [6, 6.07) is 6.47. The Morgan fingerprint density at radius 1 is 1.24 bits per heavy atom. The number of likely N-dealkylation sites (N-methyl/N-ethyl adjacent to an activating group) is 1. The fourth-order valence-corrected chi connectivity index (χ4v) is 2.72. The van der Waals surface area contributed by atoms with E-state index >= 15 is 0 Å². The predicted molar refractivity (Wildman–Crippen MR) is 68.6 cm³/mol. The van der Waals surface area contributed by atoms with Crippen LogP contribution in [-0.4, -0.2) is 23.9 Å². The van der Waals surface area contributed by atoms with Crippen LogP contribution in [0.2, 0.25) is 0 Å². The maximum absolute atomic E-state index is 11.8. The zero-order valence-electron chi connectivity index (χ0n) is 10.7. The van der Waals surface area contributed by atoms with Crippen LogP contribution in [0.5, 0.6) is 0 Å². The van der Waals surface area contributed by atoms with Crippen molar-refractivity contribution >= 4 is 5.91 Å². The highest BCUT2D eigenvalue weighted by molar-refractivity contribution is 5.77. The third-order valence-corrected chi connectivity index (χ3v) is 3.49. The van der Waals surface area contributed by atoms with Crippen molar-refractivity contribution in [1.29, 1.82) is 0 Å². The van der Waals surface area contributed by atoms with Gasteiger partial charge in [0, 0.05) is 19.5 Å². The largest absolute Gasteiger partial charge is 0.337 e. The second kappa shape index (κ2) is 4.49. The fourth-order valence-electron chi connectivity index (χ4n) is 2.72. The molecule has 0 aliphatic carbocycles. The number of carbonyl (C=O) groups excluding carboxylic acids is 1. The lowest BCUT2D eigenvalue weighted by Gasteiger charge is -2.37. The number of nitrogens with zero attached hydrogens (tertiary/aromatic N) is 1. The summed E-state index contributed by atoms with van der Waals surface area (Å²) >= 11 is 0. The minimum absolute atomic E-state index is 0.0230. The maximum Gasteiger partial charge on any atom is 0.222 e. The number of rotatable bonds is 1. The molecule has 0 aromatic heterocycles. The zero-order valence-corrected chi connectivity index (χ0v) is 10.7. The minimum atomic E-state index is 0.0230. The molecule has 1 heterocycles. The molecule has 0 spiro atoms. The van der Waals surface area contributed by atoms with Crippen LogP contribution in [0, 0.1) is 13.8 Å². The van der Waals surface area contributed by atoms with Crippen LogP contribution in [0.25, 0.3) is 0 Å². The topological polar surface area (TPSA) is 46.3 Å². The summed E-state index contributed by atoms with van der Waals surface area (Å²) in [5.74, 6) is 0.191. The summed E-state index contributed by atoms with van der Waals surface area (Å²) < 4.78 is 0. The van der Waals surface area contributed by atoms with Crippen LogP contribution >= 0.6 is 0 Å². The van der Waals surface area contributed by atoms with Crippen LogP contribution < -0.4 is 5.73 Å². The van der Waals surface area contributed by atoms with Gasteiger partial charge in [-0.2, -0.15) is 0 Å². The molecule has 3 nitrogen and oxygen atoms in total. The van der Waals surface area contributed by atoms with E-state index in [1.807, 2.05) is 7.05 Å². The van der Waals surface area contributed by atoms with E-state index in [0.717, 1.165) is 12.0 Å². The number of hydrogen-bond acceptors (Lipinski definition) is 2. The van der Waals surface area contributed by atoms with E-state index in [9.17, 15) is 4.79 Å². The van der Waals surface area contributed by atoms with Crippen LogP contribution in [0.15, 0.2) is 18.2 Å². The Morgan fingerprint density at radius 2 is 1.82 bits per heavy atom. The van der Waals surface area contributed by atoms with E-state index in [2.05, 4.69) is 32.0 Å². The SMILES string of the molecule is Cc1cc(C)cc(C2C(N)CCC(=O)N2C)c1. The van der Waals surface area contributed by atoms with Crippen molar-refractivity contribution in [2.45, 2.75) is 38.8 Å². The number of aryl methyl sites for hydroxylation is 2. The Balaban J connectivity index is 2.39. The smallest absolute Gasteiger partial charge is 0.222 e. The lowest BCUT2D eigenvalue weighted by molar-refractivity contribution is -0.135. The average molecular weight is 232 g/mol. The third-order valence-electron chi connectivity index (χ3n) is 3.49. The predicted octanol–water partition coefficient (Wildman–Crippen LogP) is 1.92. The second-order valence-electron chi connectivity index (χ2n) is 5.07. The van der Waals surface area contributed by atoms with Gasteiger partial charge in [-0.3, -0.25) is 4.79 Å². The van der Waals surface area contributed by atoms with Crippen molar-refractivity contribution in [2.24, 2.45) is 5.73 Å². The van der Waals surface area contributed by atoms with Gasteiger partial charge in [-0.1, -0.05) is 29.3 Å². The minimum Gasteiger partial charge on any atom is -0.337 e. The Labute approximate surface area is 103 Å². The summed E-state index contributed by atoms with van der Waals surface area (Å²) in [6.07, 6.45) is 1.35. The third kappa shape index (κ3) is 2.34. The van der Waals surface area contributed by atoms with Gasteiger partial charge in [-0.25, -0.2) is 0 Å². The van der Waals surface area contributed by atoms with Crippen molar-refractivity contribution in [3.8, 4) is 0 Å². The molecular formula is C14H20N2O. The molecule has 1 saturated heterocycles. The molecule has 0 radical (unpaired) electrons. The molecule has 3 heteroatoms. The van der Waals surface area contributed by atoms with E-state index < -0.39 is 0 Å². The quantitative estimate of drug-likeness (QED) is 0.804. The summed E-state index contributed by atoms with van der Waals surface area (Å²) in [4.78, 5) is 13.6. The highest BCUT2D eigenvalue weighted by Gasteiger charge is 2.32. The van der Waals surface area contributed by atoms with Crippen molar-refractivity contribution in [3.05, 3.63) is 34.9 Å². The maximum atomic E-state index is 11.8. The standard InChI is InChI=1S/C14H20N2O/c1-9-6-10(2)8-11(7-9)14-12(15)4-5-13(17)16(14)3/h6-8,12,14H,4-5,15H2,1-3H3. The van der Waals surface area contributed by atoms with Crippen LogP contribution in [0.3, 0.4) is 0 Å². The van der Waals surface area contributed by atoms with E-state index in [-0.39, 0.29) is 18.0 Å². The summed E-state index contributed by atoms with van der Waals surface area (Å²) in [5, 5.41) is 0. The molecule has 2 atom stereocenters. The first kappa shape index (κ1) is 12.1. The Hall–Kier alpha value is -1.35. The molecule has 1 aliphatic heterocycles. The van der Waals surface area contributed by atoms with Crippen molar-refractivity contribution in [1.82, 2.24) is 4.90 Å². The van der Waals surface area contributed by atoms with E-state index in [1.54, 1.807) is 4.90 Å². The van der Waals surface area contributed by atoms with Gasteiger partial charge in [0.05, 0.1) is 6.04 Å². The molecule has 1 aromatic rings. The Morgan fingerprint density at radius 3 is 2.41 bits per heavy atom. The molecule has 2 unspecified atom stereocenters. The van der Waals surface area contributed by atoms with Gasteiger partial charge in [-0.05, 0) is 25.8 Å². The van der Waals surface area contributed by atoms with Crippen LogP contribution in [-0.2, 0) is 4.79 Å². The zero-order chi connectivity index (χ0) is 12.6. The number of piperidine rings is 1. The number of hydrogen-bond donors (Lipinski definition) is 1. The second-order valence-corrected chi connectivity index (χ2v) is 5.07. The molecule has 2 N–H and O–H groups in total. The first-order chi connectivity index (χ1) is 7.99. The summed E-state index contributed by atoms with van der Waals surface area (Å²) in [7, 11) is 1.85. The van der Waals surface area contributed by atoms with E-state index in [4.69, 9.17) is 5.73 Å². The van der Waals surface area contributed by atoms with Crippen molar-refractivity contribution in [2.75, 3.05) is 7.05 Å². The van der Waals surface area contributed by atoms with Gasteiger partial charge in [-0.15, -0.1) is 0 Å². The van der Waals surface area contributed by atoms with E-state index in [0.29, 0.717) is 6.42 Å². The highest BCUT2D eigenvalue weighted by atomic mass is 16.2. The van der Waals surface area contributed by atoms with Crippen molar-refractivity contribution in [3.63, 3.8) is 0 Å². The van der Waals surface area contributed by atoms with Crippen LogP contribution in [0.4, 0.5) is 0 Å². The van der Waals surface area contributed by atoms with Gasteiger partial charge in [0.25, 0.3) is 0 Å². The molecular weight excluding hydrogens is 212 g/mol. The molecule has 2 rings (SSSR count). The number of nitrogens with two attached hydrogens (primary N) is 1. The first-order valence-electron chi connectivity index (χ1n) is 6.08. The van der Waals surface area contributed by atoms with Crippen LogP contribution in [0.1, 0.15) is 35.6 Å². The Kier molecular flexibility index (Phi) is 3.20. The molecule has 1 amide bonds. The normalized spacial score (nSPS) is 25.2. The van der Waals surface area contributed by atoms with E-state index in [1.165, 1.54) is 11.1 Å². The molecule has 1 aliphatic rings. The first-order valence-corrected chi connectivity index (χ1v) is 6.08. The molecule has 0 bridgehead atoms. The van der Waals surface area contributed by atoms with Gasteiger partial charge in [0.15, 0.2) is 0 Å². The summed E-state index contributed by atoms with van der Waals surface area (Å²) in [6.45, 7) is 4.15. The number of amides is 1. The lowest BCUT2D eigenvalue weighted by atomic mass is 9.89. The molecule has 1 aromatic carbocycles. The Bertz CT molecular complexity index is 422. The van der Waals surface area contributed by atoms with Gasteiger partial charge < -0.3 is 10.6 Å². The van der Waals surface area contributed by atoms with Gasteiger partial charge >= 0.3 is 0 Å². The highest BCUT2D eigenvalue weighted by Crippen LogP contribution is 2.30. The summed E-state index contributed by atoms with van der Waals surface area (Å²) in [5.41, 5.74) is 9.77. The average Bonchev–Trinajstić information content (AvgIpc) is 2.23. The number of carbonyl (C=O) groups is 1. The number of likely N-dealkylation sites (tertiary alicyclic amines) is 1. The molecule has 17 heavy (non-hydrogen) atoms. The van der Waals surface area contributed by atoms with Gasteiger partial charge in [0.2, 0.25) is 5.91 Å². The molecule has 92 valence electrons. The molecule has 1 fully saturated rings. The lowest BCUT2D eigenvalue weighted by Crippen LogP contribution is -2.46. The van der Waals surface area contributed by atoms with Crippen molar-refractivity contribution < 1.29 is 4.79 Å².